The lowest BCUT2D eigenvalue weighted by Crippen LogP contribution is -2.16. The molecule has 0 radical (unpaired) electrons. The summed E-state index contributed by atoms with van der Waals surface area (Å²) in [5.74, 6) is 2.01. The van der Waals surface area contributed by atoms with Crippen LogP contribution in [0.25, 0.3) is 39.6 Å². The van der Waals surface area contributed by atoms with Crippen molar-refractivity contribution < 1.29 is 21.7 Å². The lowest BCUT2D eigenvalue weighted by molar-refractivity contribution is 0.328. The Morgan fingerprint density at radius 1 is 0.600 bits per heavy atom. The van der Waals surface area contributed by atoms with Gasteiger partial charge < -0.3 is 21.8 Å². The molecule has 0 unspecified atom stereocenters. The molecule has 2 heterocycles. The molecule has 0 bridgehead atoms. The maximum Gasteiger partial charge on any atom is 0.673 e. The molecule has 0 atom stereocenters. The summed E-state index contributed by atoms with van der Waals surface area (Å²) in [5, 5.41) is 2.53. The van der Waals surface area contributed by atoms with Crippen molar-refractivity contribution >= 4 is 41.2 Å². The Kier molecular flexibility index (Phi) is 7.98. The van der Waals surface area contributed by atoms with E-state index in [4.69, 9.17) is 4.42 Å². The van der Waals surface area contributed by atoms with Crippen LogP contribution in [-0.2, 0) is 10.8 Å². The van der Waals surface area contributed by atoms with E-state index in [1.807, 2.05) is 0 Å². The van der Waals surface area contributed by atoms with Crippen molar-refractivity contribution in [3.05, 3.63) is 108 Å². The summed E-state index contributed by atoms with van der Waals surface area (Å²) < 4.78 is 47.7. The van der Waals surface area contributed by atoms with Gasteiger partial charge in [0.1, 0.15) is 0 Å². The first-order valence-corrected chi connectivity index (χ1v) is 13.2. The largest absolute Gasteiger partial charge is 0.673 e. The van der Waals surface area contributed by atoms with Gasteiger partial charge in [0.25, 0.3) is 0 Å². The van der Waals surface area contributed by atoms with Crippen molar-refractivity contribution in [1.82, 2.24) is 4.57 Å². The molecule has 0 spiro atoms. The third kappa shape index (κ3) is 7.01. The molecule has 0 N–H and O–H groups in total. The van der Waals surface area contributed by atoms with E-state index in [0.717, 1.165) is 17.1 Å². The third-order valence-corrected chi connectivity index (χ3v) is 6.47. The number of hydrogen-bond acceptors (Lipinski definition) is 0. The number of para-hydroxylation sites is 2. The van der Waals surface area contributed by atoms with Gasteiger partial charge in [0, 0.05) is 28.6 Å². The Morgan fingerprint density at radius 3 is 1.68 bits per heavy atom. The van der Waals surface area contributed by atoms with Gasteiger partial charge in [-0.05, 0) is 83.0 Å². The first kappa shape index (κ1) is 29.1. The number of halogens is 4. The molecular formula is C33H34BF4NO. The number of hydrogen-bond donors (Lipinski definition) is 0. The minimum atomic E-state index is -6.00. The van der Waals surface area contributed by atoms with Gasteiger partial charge in [-0.15, -0.1) is 0 Å². The van der Waals surface area contributed by atoms with Crippen molar-refractivity contribution in [2.24, 2.45) is 0 Å². The van der Waals surface area contributed by atoms with Crippen LogP contribution in [-0.4, -0.2) is 11.8 Å². The van der Waals surface area contributed by atoms with E-state index in [1.54, 1.807) is 0 Å². The van der Waals surface area contributed by atoms with Crippen LogP contribution in [0.5, 0.6) is 0 Å². The average molecular weight is 547 g/mol. The maximum atomic E-state index is 9.75. The number of benzene rings is 3. The standard InChI is InChI=1S/C33H34NO.BF4/c1-32(2,3)30-21-24(22-31(35-30)33(4,5)6)17-16-23-18-19-29-27(20-23)26-14-10-11-15-28(26)34(29)25-12-8-7-9-13-25;2-1(3,4)5/h7-22H,1-6H3;/q+1;-1. The zero-order valence-electron chi connectivity index (χ0n) is 23.7. The summed E-state index contributed by atoms with van der Waals surface area (Å²) in [6.07, 6.45) is 4.42. The van der Waals surface area contributed by atoms with Gasteiger partial charge in [-0.2, -0.15) is 0 Å². The maximum absolute atomic E-state index is 9.75. The molecule has 0 fully saturated rings. The van der Waals surface area contributed by atoms with Crippen LogP contribution in [0.15, 0.2) is 89.3 Å². The van der Waals surface area contributed by atoms with Crippen LogP contribution in [0.3, 0.4) is 0 Å². The van der Waals surface area contributed by atoms with Gasteiger partial charge in [-0.25, -0.2) is 4.42 Å². The van der Waals surface area contributed by atoms with Gasteiger partial charge in [0.05, 0.1) is 21.9 Å². The number of fused-ring (bicyclic) bond motifs is 3. The minimum absolute atomic E-state index is 0.0535. The molecule has 0 saturated carbocycles. The van der Waals surface area contributed by atoms with E-state index in [0.29, 0.717) is 0 Å². The highest BCUT2D eigenvalue weighted by molar-refractivity contribution is 6.50. The van der Waals surface area contributed by atoms with Gasteiger partial charge in [-0.3, -0.25) is 0 Å². The Hall–Kier alpha value is -3.87. The fourth-order valence-electron chi connectivity index (χ4n) is 4.50. The molecule has 3 aromatic carbocycles. The fourth-order valence-corrected chi connectivity index (χ4v) is 4.50. The van der Waals surface area contributed by atoms with E-state index in [1.165, 1.54) is 33.1 Å². The van der Waals surface area contributed by atoms with Gasteiger partial charge in [0.2, 0.25) is 0 Å². The lowest BCUT2D eigenvalue weighted by atomic mass is 9.88. The predicted molar refractivity (Wildman–Crippen MR) is 160 cm³/mol. The van der Waals surface area contributed by atoms with Crippen molar-refractivity contribution in [1.29, 1.82) is 0 Å². The van der Waals surface area contributed by atoms with Crippen molar-refractivity contribution in [2.75, 3.05) is 0 Å². The molecule has 0 saturated heterocycles. The SMILES string of the molecule is CC(C)(C)c1cc(C=Cc2ccc3c(c2)c2ccccc2n3-c2ccccc2)cc(C(C)(C)C)[o+]1.F[B-](F)(F)F. The van der Waals surface area contributed by atoms with Crippen LogP contribution >= 0.6 is 0 Å². The molecular weight excluding hydrogens is 513 g/mol. The second-order valence-electron chi connectivity index (χ2n) is 11.9. The summed E-state index contributed by atoms with van der Waals surface area (Å²) in [4.78, 5) is 0. The second-order valence-corrected chi connectivity index (χ2v) is 11.9. The molecule has 2 nitrogen and oxygen atoms in total. The van der Waals surface area contributed by atoms with Crippen LogP contribution in [0.4, 0.5) is 17.3 Å². The normalized spacial score (nSPS) is 12.7. The molecule has 0 amide bonds. The fraction of sp³-hybridized carbons (Fsp3) is 0.242. The summed E-state index contributed by atoms with van der Waals surface area (Å²) >= 11 is 0. The molecule has 0 aliphatic heterocycles. The zero-order valence-corrected chi connectivity index (χ0v) is 23.7. The van der Waals surface area contributed by atoms with Crippen LogP contribution in [0.2, 0.25) is 0 Å². The van der Waals surface area contributed by atoms with Crippen molar-refractivity contribution in [2.45, 2.75) is 52.4 Å². The van der Waals surface area contributed by atoms with E-state index in [9.17, 15) is 17.3 Å². The van der Waals surface area contributed by atoms with E-state index >= 15 is 0 Å². The first-order valence-electron chi connectivity index (χ1n) is 13.2. The van der Waals surface area contributed by atoms with Crippen LogP contribution in [0.1, 0.15) is 64.2 Å². The van der Waals surface area contributed by atoms with Gasteiger partial charge in [0.15, 0.2) is 0 Å². The molecule has 40 heavy (non-hydrogen) atoms. The molecule has 7 heteroatoms. The number of rotatable bonds is 3. The zero-order chi connectivity index (χ0) is 29.3. The highest BCUT2D eigenvalue weighted by Crippen LogP contribution is 2.34. The molecule has 2 aromatic heterocycles. The van der Waals surface area contributed by atoms with E-state index in [-0.39, 0.29) is 10.8 Å². The van der Waals surface area contributed by atoms with E-state index < -0.39 is 7.25 Å². The topological polar surface area (TPSA) is 16.2 Å². The Morgan fingerprint density at radius 2 is 1.10 bits per heavy atom. The molecule has 208 valence electrons. The Balaban J connectivity index is 0.000000681. The van der Waals surface area contributed by atoms with Crippen LogP contribution in [0, 0.1) is 0 Å². The Bertz CT molecular complexity index is 1620. The Labute approximate surface area is 233 Å². The molecule has 5 rings (SSSR count). The quantitative estimate of drug-likeness (QED) is 0.125. The number of nitrogens with zero attached hydrogens (tertiary/aromatic N) is 1. The second kappa shape index (κ2) is 11.0. The predicted octanol–water partition coefficient (Wildman–Crippen LogP) is 10.7. The molecule has 0 aliphatic rings. The minimum Gasteiger partial charge on any atom is -0.418 e. The van der Waals surface area contributed by atoms with Crippen molar-refractivity contribution in [3.63, 3.8) is 0 Å². The summed E-state index contributed by atoms with van der Waals surface area (Å²) in [7, 11) is -6.00. The monoisotopic (exact) mass is 547 g/mol. The highest BCUT2D eigenvalue weighted by atomic mass is 19.5. The average Bonchev–Trinajstić information content (AvgIpc) is 3.19. The third-order valence-electron chi connectivity index (χ3n) is 6.47. The van der Waals surface area contributed by atoms with Crippen LogP contribution < -0.4 is 0 Å². The summed E-state index contributed by atoms with van der Waals surface area (Å²) in [6.45, 7) is 13.2. The lowest BCUT2D eigenvalue weighted by Gasteiger charge is -2.14. The number of aromatic nitrogens is 1. The van der Waals surface area contributed by atoms with E-state index in [2.05, 4.69) is 143 Å². The van der Waals surface area contributed by atoms with Crippen molar-refractivity contribution in [3.8, 4) is 5.69 Å². The summed E-state index contributed by atoms with van der Waals surface area (Å²) in [5.41, 5.74) is 5.87. The van der Waals surface area contributed by atoms with Gasteiger partial charge >= 0.3 is 18.8 Å². The smallest absolute Gasteiger partial charge is 0.418 e. The summed E-state index contributed by atoms with van der Waals surface area (Å²) in [6, 6.07) is 30.3. The molecule has 0 aliphatic carbocycles. The van der Waals surface area contributed by atoms with Gasteiger partial charge in [-0.1, -0.05) is 54.6 Å². The highest BCUT2D eigenvalue weighted by Gasteiger charge is 2.33. The molecule has 5 aromatic rings. The first-order chi connectivity index (χ1) is 18.6.